The van der Waals surface area contributed by atoms with Gasteiger partial charge < -0.3 is 5.32 Å². The average molecular weight is 373 g/mol. The van der Waals surface area contributed by atoms with Gasteiger partial charge in [-0.3, -0.25) is 9.52 Å². The normalized spacial score (nSPS) is 11.3. The van der Waals surface area contributed by atoms with Gasteiger partial charge in [-0.1, -0.05) is 17.7 Å². The van der Waals surface area contributed by atoms with Crippen LogP contribution in [0.25, 0.3) is 0 Å². The summed E-state index contributed by atoms with van der Waals surface area (Å²) < 4.78 is 27.5. The van der Waals surface area contributed by atoms with E-state index in [2.05, 4.69) is 10.0 Å². The number of aryl methyl sites for hydroxylation is 1. The first-order valence-electron chi connectivity index (χ1n) is 6.90. The predicted molar refractivity (Wildman–Crippen MR) is 93.7 cm³/mol. The number of benzene rings is 1. The van der Waals surface area contributed by atoms with Crippen LogP contribution in [0.5, 0.6) is 0 Å². The molecule has 0 atom stereocenters. The van der Waals surface area contributed by atoms with Crippen LogP contribution in [0, 0.1) is 6.92 Å². The highest BCUT2D eigenvalue weighted by molar-refractivity contribution is 7.94. The Hall–Kier alpha value is -1.57. The molecule has 2 N–H and O–H groups in total. The number of halogens is 1. The number of carbonyl (C=O) groups is 1. The molecule has 0 aliphatic carbocycles. The van der Waals surface area contributed by atoms with Crippen LogP contribution in [0.3, 0.4) is 0 Å². The Kier molecular flexibility index (Phi) is 5.67. The summed E-state index contributed by atoms with van der Waals surface area (Å²) in [5.74, 6) is -0.104. The molecule has 1 amide bonds. The summed E-state index contributed by atoms with van der Waals surface area (Å²) in [6.07, 6.45) is 0.593. The standard InChI is InChI=1S/C15H17ClN2O3S2/c1-10-3-4-12(9-14(10)16)18-23(20,21)15-6-5-13(22-15)7-8-17-11(2)19/h3-6,9,18H,7-8H2,1-2H3,(H,17,19). The largest absolute Gasteiger partial charge is 0.356 e. The minimum Gasteiger partial charge on any atom is -0.356 e. The SMILES string of the molecule is CC(=O)NCCc1ccc(S(=O)(=O)Nc2ccc(C)c(Cl)c2)s1. The summed E-state index contributed by atoms with van der Waals surface area (Å²) in [5.41, 5.74) is 1.31. The quantitative estimate of drug-likeness (QED) is 0.817. The van der Waals surface area contributed by atoms with E-state index in [-0.39, 0.29) is 10.1 Å². The van der Waals surface area contributed by atoms with E-state index in [9.17, 15) is 13.2 Å². The number of anilines is 1. The van der Waals surface area contributed by atoms with Gasteiger partial charge in [-0.05, 0) is 43.2 Å². The molecule has 0 saturated carbocycles. The highest BCUT2D eigenvalue weighted by Crippen LogP contribution is 2.26. The molecule has 5 nitrogen and oxygen atoms in total. The number of hydrogen-bond donors (Lipinski definition) is 2. The molecule has 1 heterocycles. The molecular formula is C15H17ClN2O3S2. The van der Waals surface area contributed by atoms with Crippen molar-refractivity contribution in [2.75, 3.05) is 11.3 Å². The number of amides is 1. The fraction of sp³-hybridized carbons (Fsp3) is 0.267. The van der Waals surface area contributed by atoms with E-state index in [1.54, 1.807) is 30.3 Å². The van der Waals surface area contributed by atoms with Crippen LogP contribution >= 0.6 is 22.9 Å². The number of nitrogens with one attached hydrogen (secondary N) is 2. The third kappa shape index (κ3) is 4.95. The van der Waals surface area contributed by atoms with Crippen molar-refractivity contribution in [1.29, 1.82) is 0 Å². The Morgan fingerprint density at radius 1 is 1.26 bits per heavy atom. The van der Waals surface area contributed by atoms with Crippen LogP contribution in [-0.2, 0) is 21.2 Å². The third-order valence-electron chi connectivity index (χ3n) is 3.07. The minimum atomic E-state index is -3.64. The minimum absolute atomic E-state index is 0.104. The zero-order chi connectivity index (χ0) is 17.0. The van der Waals surface area contributed by atoms with Crippen molar-refractivity contribution in [2.45, 2.75) is 24.5 Å². The number of thiophene rings is 1. The van der Waals surface area contributed by atoms with Crippen LogP contribution < -0.4 is 10.0 Å². The molecule has 8 heteroatoms. The van der Waals surface area contributed by atoms with Gasteiger partial charge in [0, 0.05) is 23.4 Å². The Balaban J connectivity index is 2.08. The predicted octanol–water partition coefficient (Wildman–Crippen LogP) is 3.19. The Morgan fingerprint density at radius 3 is 2.65 bits per heavy atom. The van der Waals surface area contributed by atoms with E-state index >= 15 is 0 Å². The molecule has 0 fully saturated rings. The van der Waals surface area contributed by atoms with Gasteiger partial charge in [0.2, 0.25) is 5.91 Å². The van der Waals surface area contributed by atoms with Gasteiger partial charge >= 0.3 is 0 Å². The molecule has 2 aromatic rings. The lowest BCUT2D eigenvalue weighted by molar-refractivity contribution is -0.118. The van der Waals surface area contributed by atoms with Crippen LogP contribution in [0.15, 0.2) is 34.5 Å². The topological polar surface area (TPSA) is 75.3 Å². The van der Waals surface area contributed by atoms with Gasteiger partial charge in [-0.15, -0.1) is 11.3 Å². The second-order valence-corrected chi connectivity index (χ2v) is 8.51. The smallest absolute Gasteiger partial charge is 0.271 e. The lowest BCUT2D eigenvalue weighted by Gasteiger charge is -2.07. The second-order valence-electron chi connectivity index (χ2n) is 5.02. The van der Waals surface area contributed by atoms with Crippen molar-refractivity contribution in [2.24, 2.45) is 0 Å². The molecule has 23 heavy (non-hydrogen) atoms. The summed E-state index contributed by atoms with van der Waals surface area (Å²) in [6.45, 7) is 3.78. The Labute approximate surface area is 144 Å². The van der Waals surface area contributed by atoms with Crippen LogP contribution in [-0.4, -0.2) is 20.9 Å². The molecule has 1 aromatic heterocycles. The maximum absolute atomic E-state index is 12.4. The number of carbonyl (C=O) groups excluding carboxylic acids is 1. The molecule has 0 spiro atoms. The maximum atomic E-state index is 12.4. The Morgan fingerprint density at radius 2 is 2.00 bits per heavy atom. The molecule has 0 saturated heterocycles. The molecule has 0 aliphatic rings. The zero-order valence-electron chi connectivity index (χ0n) is 12.7. The summed E-state index contributed by atoms with van der Waals surface area (Å²) in [6, 6.07) is 8.33. The summed E-state index contributed by atoms with van der Waals surface area (Å²) in [7, 11) is -3.64. The van der Waals surface area contributed by atoms with Gasteiger partial charge in [0.1, 0.15) is 4.21 Å². The lowest BCUT2D eigenvalue weighted by Crippen LogP contribution is -2.22. The van der Waals surface area contributed by atoms with E-state index in [1.807, 2.05) is 6.92 Å². The van der Waals surface area contributed by atoms with Gasteiger partial charge in [-0.2, -0.15) is 0 Å². The fourth-order valence-electron chi connectivity index (χ4n) is 1.86. The van der Waals surface area contributed by atoms with Crippen molar-refractivity contribution in [3.05, 3.63) is 45.8 Å². The van der Waals surface area contributed by atoms with E-state index < -0.39 is 10.0 Å². The third-order valence-corrected chi connectivity index (χ3v) is 6.50. The number of rotatable bonds is 6. The molecule has 0 bridgehead atoms. The van der Waals surface area contributed by atoms with Crippen molar-refractivity contribution in [3.63, 3.8) is 0 Å². The average Bonchev–Trinajstić information content (AvgIpc) is 2.92. The van der Waals surface area contributed by atoms with E-state index in [1.165, 1.54) is 18.3 Å². The van der Waals surface area contributed by atoms with Gasteiger partial charge in [0.25, 0.3) is 10.0 Å². The summed E-state index contributed by atoms with van der Waals surface area (Å²) >= 11 is 7.19. The van der Waals surface area contributed by atoms with Crippen molar-refractivity contribution < 1.29 is 13.2 Å². The number of sulfonamides is 1. The molecule has 124 valence electrons. The van der Waals surface area contributed by atoms with Crippen LogP contribution in [0.2, 0.25) is 5.02 Å². The highest BCUT2D eigenvalue weighted by atomic mass is 35.5. The van der Waals surface area contributed by atoms with Crippen molar-refractivity contribution in [3.8, 4) is 0 Å². The van der Waals surface area contributed by atoms with Crippen LogP contribution in [0.4, 0.5) is 5.69 Å². The molecule has 0 unspecified atom stereocenters. The van der Waals surface area contributed by atoms with Crippen LogP contribution in [0.1, 0.15) is 17.4 Å². The van der Waals surface area contributed by atoms with E-state index in [4.69, 9.17) is 11.6 Å². The highest BCUT2D eigenvalue weighted by Gasteiger charge is 2.17. The molecule has 0 aliphatic heterocycles. The van der Waals surface area contributed by atoms with E-state index in [0.29, 0.717) is 23.7 Å². The van der Waals surface area contributed by atoms with Gasteiger partial charge in [-0.25, -0.2) is 8.42 Å². The van der Waals surface area contributed by atoms with E-state index in [0.717, 1.165) is 10.4 Å². The monoisotopic (exact) mass is 372 g/mol. The Bertz CT molecular complexity index is 816. The molecule has 1 aromatic carbocycles. The van der Waals surface area contributed by atoms with Crippen molar-refractivity contribution in [1.82, 2.24) is 5.32 Å². The summed E-state index contributed by atoms with van der Waals surface area (Å²) in [5, 5.41) is 3.19. The summed E-state index contributed by atoms with van der Waals surface area (Å²) in [4.78, 5) is 11.7. The molecule has 0 radical (unpaired) electrons. The molecular weight excluding hydrogens is 356 g/mol. The zero-order valence-corrected chi connectivity index (χ0v) is 15.1. The first kappa shape index (κ1) is 17.8. The fourth-order valence-corrected chi connectivity index (χ4v) is 4.45. The number of hydrogen-bond acceptors (Lipinski definition) is 4. The van der Waals surface area contributed by atoms with Gasteiger partial charge in [0.15, 0.2) is 0 Å². The second kappa shape index (κ2) is 7.33. The van der Waals surface area contributed by atoms with Crippen molar-refractivity contribution >= 4 is 44.6 Å². The van der Waals surface area contributed by atoms with Gasteiger partial charge in [0.05, 0.1) is 5.69 Å². The lowest BCUT2D eigenvalue weighted by atomic mass is 10.2. The first-order chi connectivity index (χ1) is 10.8. The maximum Gasteiger partial charge on any atom is 0.271 e. The first-order valence-corrected chi connectivity index (χ1v) is 9.58. The molecule has 2 rings (SSSR count).